The molecule has 4 nitrogen and oxygen atoms in total. The maximum absolute atomic E-state index is 12.6. The van der Waals surface area contributed by atoms with Gasteiger partial charge in [-0.1, -0.05) is 0 Å². The molecule has 0 aromatic rings. The smallest absolute Gasteiger partial charge is 0.383 e. The summed E-state index contributed by atoms with van der Waals surface area (Å²) in [4.78, 5) is 11.5. The molecule has 0 aliphatic heterocycles. The number of halogens is 3. The standard InChI is InChI=1S/C10H17F3N2O2/c1-7(8(16)14-5-6-17-2)15-9(3-4-9)10(11,12)13/h7,15H,3-6H2,1-2H3,(H,14,16). The molecule has 0 aromatic heterocycles. The van der Waals surface area contributed by atoms with Crippen molar-refractivity contribution in [2.45, 2.75) is 37.5 Å². The zero-order valence-electron chi connectivity index (χ0n) is 9.86. The van der Waals surface area contributed by atoms with Crippen LogP contribution in [0.25, 0.3) is 0 Å². The SMILES string of the molecule is COCCNC(=O)C(C)NC1(C(F)(F)F)CC1. The highest BCUT2D eigenvalue weighted by molar-refractivity contribution is 5.81. The van der Waals surface area contributed by atoms with Gasteiger partial charge < -0.3 is 10.1 Å². The van der Waals surface area contributed by atoms with Crippen LogP contribution in [0.4, 0.5) is 13.2 Å². The summed E-state index contributed by atoms with van der Waals surface area (Å²) in [7, 11) is 1.48. The average Bonchev–Trinajstić information content (AvgIpc) is 2.98. The van der Waals surface area contributed by atoms with Crippen LogP contribution in [-0.2, 0) is 9.53 Å². The Bertz CT molecular complexity index is 277. The zero-order chi connectivity index (χ0) is 13.1. The van der Waals surface area contributed by atoms with Crippen LogP contribution < -0.4 is 10.6 Å². The predicted molar refractivity (Wildman–Crippen MR) is 55.5 cm³/mol. The molecule has 1 amide bonds. The Morgan fingerprint density at radius 1 is 1.47 bits per heavy atom. The topological polar surface area (TPSA) is 50.4 Å². The number of carbonyl (C=O) groups excluding carboxylic acids is 1. The van der Waals surface area contributed by atoms with Crippen LogP contribution in [0.3, 0.4) is 0 Å². The Hall–Kier alpha value is -0.820. The lowest BCUT2D eigenvalue weighted by atomic mass is 10.2. The number of rotatable bonds is 6. The largest absolute Gasteiger partial charge is 0.406 e. The highest BCUT2D eigenvalue weighted by Crippen LogP contribution is 2.49. The Balaban J connectivity index is 2.39. The minimum Gasteiger partial charge on any atom is -0.383 e. The summed E-state index contributed by atoms with van der Waals surface area (Å²) in [5.74, 6) is -0.447. The molecule has 1 aliphatic rings. The molecule has 0 radical (unpaired) electrons. The number of amides is 1. The van der Waals surface area contributed by atoms with E-state index in [1.807, 2.05) is 0 Å². The van der Waals surface area contributed by atoms with Crippen molar-refractivity contribution in [2.24, 2.45) is 0 Å². The molecule has 1 fully saturated rings. The molecule has 1 unspecified atom stereocenters. The first-order chi connectivity index (χ1) is 7.82. The van der Waals surface area contributed by atoms with E-state index < -0.39 is 23.7 Å². The lowest BCUT2D eigenvalue weighted by Gasteiger charge is -2.24. The summed E-state index contributed by atoms with van der Waals surface area (Å²) in [6, 6.07) is -0.865. The van der Waals surface area contributed by atoms with Crippen LogP contribution in [-0.4, -0.2) is 43.9 Å². The van der Waals surface area contributed by atoms with Crippen LogP contribution in [0.1, 0.15) is 19.8 Å². The minimum absolute atomic E-state index is 0.0339. The Morgan fingerprint density at radius 3 is 2.47 bits per heavy atom. The third-order valence-corrected chi connectivity index (χ3v) is 2.78. The lowest BCUT2D eigenvalue weighted by Crippen LogP contribution is -2.54. The summed E-state index contributed by atoms with van der Waals surface area (Å²) < 4.78 is 42.6. The molecule has 1 saturated carbocycles. The van der Waals surface area contributed by atoms with Gasteiger partial charge >= 0.3 is 6.18 Å². The number of hydrogen-bond acceptors (Lipinski definition) is 3. The van der Waals surface area contributed by atoms with E-state index in [0.717, 1.165) is 0 Å². The number of hydrogen-bond donors (Lipinski definition) is 2. The zero-order valence-corrected chi connectivity index (χ0v) is 9.86. The van der Waals surface area contributed by atoms with E-state index in [1.165, 1.54) is 14.0 Å². The second kappa shape index (κ2) is 5.22. The van der Waals surface area contributed by atoms with Gasteiger partial charge in [0.1, 0.15) is 5.54 Å². The molecule has 0 bridgehead atoms. The van der Waals surface area contributed by atoms with Crippen LogP contribution in [0.15, 0.2) is 0 Å². The van der Waals surface area contributed by atoms with E-state index in [-0.39, 0.29) is 12.8 Å². The quantitative estimate of drug-likeness (QED) is 0.690. The third kappa shape index (κ3) is 3.57. The first kappa shape index (κ1) is 14.2. The van der Waals surface area contributed by atoms with E-state index in [1.54, 1.807) is 0 Å². The Kier molecular flexibility index (Phi) is 4.37. The molecular weight excluding hydrogens is 237 g/mol. The maximum Gasteiger partial charge on any atom is 0.406 e. The molecule has 0 saturated heterocycles. The molecule has 17 heavy (non-hydrogen) atoms. The molecule has 0 heterocycles. The maximum atomic E-state index is 12.6. The second-order valence-corrected chi connectivity index (χ2v) is 4.23. The van der Waals surface area contributed by atoms with Crippen molar-refractivity contribution in [3.63, 3.8) is 0 Å². The summed E-state index contributed by atoms with van der Waals surface area (Å²) in [5, 5.41) is 4.85. The minimum atomic E-state index is -4.30. The molecule has 100 valence electrons. The first-order valence-corrected chi connectivity index (χ1v) is 5.43. The van der Waals surface area contributed by atoms with Gasteiger partial charge in [-0.15, -0.1) is 0 Å². The summed E-state index contributed by atoms with van der Waals surface area (Å²) in [6.07, 6.45) is -4.23. The van der Waals surface area contributed by atoms with Crippen molar-refractivity contribution < 1.29 is 22.7 Å². The van der Waals surface area contributed by atoms with Crippen molar-refractivity contribution in [1.82, 2.24) is 10.6 Å². The number of nitrogens with one attached hydrogen (secondary N) is 2. The van der Waals surface area contributed by atoms with Crippen molar-refractivity contribution >= 4 is 5.91 Å². The molecule has 0 spiro atoms. The Morgan fingerprint density at radius 2 is 2.06 bits per heavy atom. The molecule has 1 aliphatic carbocycles. The van der Waals surface area contributed by atoms with Crippen molar-refractivity contribution in [3.8, 4) is 0 Å². The van der Waals surface area contributed by atoms with Gasteiger partial charge in [-0.2, -0.15) is 13.2 Å². The van der Waals surface area contributed by atoms with E-state index in [2.05, 4.69) is 10.6 Å². The van der Waals surface area contributed by atoms with Crippen LogP contribution in [0, 0.1) is 0 Å². The second-order valence-electron chi connectivity index (χ2n) is 4.23. The fourth-order valence-corrected chi connectivity index (χ4v) is 1.54. The van der Waals surface area contributed by atoms with Crippen molar-refractivity contribution in [1.29, 1.82) is 0 Å². The van der Waals surface area contributed by atoms with Crippen LogP contribution in [0.5, 0.6) is 0 Å². The van der Waals surface area contributed by atoms with Crippen molar-refractivity contribution in [2.75, 3.05) is 20.3 Å². The summed E-state index contributed by atoms with van der Waals surface area (Å²) >= 11 is 0. The van der Waals surface area contributed by atoms with E-state index in [0.29, 0.717) is 13.2 Å². The van der Waals surface area contributed by atoms with Gasteiger partial charge in [0.05, 0.1) is 12.6 Å². The number of ether oxygens (including phenoxy) is 1. The number of methoxy groups -OCH3 is 1. The summed E-state index contributed by atoms with van der Waals surface area (Å²) in [6.45, 7) is 2.05. The van der Waals surface area contributed by atoms with Crippen LogP contribution >= 0.6 is 0 Å². The highest BCUT2D eigenvalue weighted by Gasteiger charge is 2.63. The fraction of sp³-hybridized carbons (Fsp3) is 0.900. The van der Waals surface area contributed by atoms with Crippen molar-refractivity contribution in [3.05, 3.63) is 0 Å². The molecule has 1 atom stereocenters. The van der Waals surface area contributed by atoms with Gasteiger partial charge in [0.2, 0.25) is 5.91 Å². The third-order valence-electron chi connectivity index (χ3n) is 2.78. The highest BCUT2D eigenvalue weighted by atomic mass is 19.4. The molecule has 7 heteroatoms. The van der Waals surface area contributed by atoms with Gasteiger partial charge in [-0.25, -0.2) is 0 Å². The molecular formula is C10H17F3N2O2. The normalized spacial score (nSPS) is 19.8. The van der Waals surface area contributed by atoms with E-state index in [9.17, 15) is 18.0 Å². The van der Waals surface area contributed by atoms with E-state index >= 15 is 0 Å². The van der Waals surface area contributed by atoms with Gasteiger partial charge in [-0.3, -0.25) is 10.1 Å². The predicted octanol–water partition coefficient (Wildman–Crippen LogP) is 0.822. The monoisotopic (exact) mass is 254 g/mol. The van der Waals surface area contributed by atoms with Gasteiger partial charge in [0.15, 0.2) is 0 Å². The van der Waals surface area contributed by atoms with Gasteiger partial charge in [-0.05, 0) is 19.8 Å². The first-order valence-electron chi connectivity index (χ1n) is 5.43. The van der Waals surface area contributed by atoms with Gasteiger partial charge in [0.25, 0.3) is 0 Å². The van der Waals surface area contributed by atoms with Crippen LogP contribution in [0.2, 0.25) is 0 Å². The molecule has 1 rings (SSSR count). The lowest BCUT2D eigenvalue weighted by molar-refractivity contribution is -0.168. The van der Waals surface area contributed by atoms with Gasteiger partial charge in [0, 0.05) is 13.7 Å². The number of carbonyl (C=O) groups is 1. The Labute approximate surface area is 97.9 Å². The summed E-state index contributed by atoms with van der Waals surface area (Å²) in [5.41, 5.74) is -1.86. The fourth-order valence-electron chi connectivity index (χ4n) is 1.54. The molecule has 2 N–H and O–H groups in total. The average molecular weight is 254 g/mol. The van der Waals surface area contributed by atoms with E-state index in [4.69, 9.17) is 4.74 Å². The number of alkyl halides is 3. The molecule has 0 aromatic carbocycles.